The fourth-order valence-corrected chi connectivity index (χ4v) is 6.44. The van der Waals surface area contributed by atoms with Crippen LogP contribution in [0.1, 0.15) is 56.2 Å². The first-order valence-electron chi connectivity index (χ1n) is 11.4. The van der Waals surface area contributed by atoms with Crippen LogP contribution in [0, 0.1) is 0 Å². The van der Waals surface area contributed by atoms with Crippen LogP contribution in [-0.4, -0.2) is 64.3 Å². The van der Waals surface area contributed by atoms with Gasteiger partial charge in [0.15, 0.2) is 0 Å². The fraction of sp³-hybridized carbons (Fsp3) is 0.652. The molecule has 7 nitrogen and oxygen atoms in total. The van der Waals surface area contributed by atoms with Crippen molar-refractivity contribution in [1.29, 1.82) is 0 Å². The van der Waals surface area contributed by atoms with Gasteiger partial charge in [0.05, 0.1) is 29.5 Å². The fourth-order valence-electron chi connectivity index (χ4n) is 5.04. The molecule has 0 aromatic heterocycles. The number of amides is 2. The van der Waals surface area contributed by atoms with Crippen molar-refractivity contribution < 1.29 is 14.7 Å². The number of benzene rings is 1. The van der Waals surface area contributed by atoms with Gasteiger partial charge in [-0.25, -0.2) is 0 Å². The van der Waals surface area contributed by atoms with Gasteiger partial charge in [-0.05, 0) is 69.4 Å². The van der Waals surface area contributed by atoms with E-state index in [1.807, 2.05) is 11.0 Å². The Bertz CT molecular complexity index is 807. The number of nitrogens with one attached hydrogen (secondary N) is 3. The van der Waals surface area contributed by atoms with Gasteiger partial charge in [0.1, 0.15) is 6.23 Å². The Morgan fingerprint density at radius 1 is 1.16 bits per heavy atom. The van der Waals surface area contributed by atoms with E-state index in [0.717, 1.165) is 37.9 Å². The van der Waals surface area contributed by atoms with Gasteiger partial charge in [-0.1, -0.05) is 24.3 Å². The minimum Gasteiger partial charge on any atom is -0.376 e. The van der Waals surface area contributed by atoms with E-state index in [-0.39, 0.29) is 41.4 Å². The largest absolute Gasteiger partial charge is 0.376 e. The third-order valence-electron chi connectivity index (χ3n) is 6.93. The average molecular weight is 447 g/mol. The van der Waals surface area contributed by atoms with E-state index in [9.17, 15) is 14.7 Å². The molecule has 8 heteroatoms. The lowest BCUT2D eigenvalue weighted by Crippen LogP contribution is -2.58. The molecule has 2 aliphatic heterocycles. The number of aliphatic hydroxyl groups is 1. The molecule has 1 unspecified atom stereocenters. The number of aliphatic hydroxyl groups excluding tert-OH is 1. The third kappa shape index (κ3) is 4.77. The maximum absolute atomic E-state index is 13.3. The average Bonchev–Trinajstić information content (AvgIpc) is 3.15. The molecule has 1 aromatic rings. The van der Waals surface area contributed by atoms with E-state index in [1.54, 1.807) is 25.7 Å². The van der Waals surface area contributed by atoms with Crippen molar-refractivity contribution in [2.24, 2.45) is 0 Å². The van der Waals surface area contributed by atoms with E-state index < -0.39 is 6.23 Å². The Labute approximate surface area is 188 Å². The smallest absolute Gasteiger partial charge is 0.237 e. The highest BCUT2D eigenvalue weighted by molar-refractivity contribution is 7.99. The third-order valence-corrected chi connectivity index (χ3v) is 8.26. The Balaban J connectivity index is 1.47. The Kier molecular flexibility index (Phi) is 7.21. The topological polar surface area (TPSA) is 93.7 Å². The monoisotopic (exact) mass is 446 g/mol. The van der Waals surface area contributed by atoms with E-state index in [2.05, 4.69) is 34.1 Å². The molecule has 170 valence electrons. The highest BCUT2D eigenvalue weighted by Gasteiger charge is 2.46. The van der Waals surface area contributed by atoms with Gasteiger partial charge in [-0.2, -0.15) is 0 Å². The molecule has 0 saturated carbocycles. The summed E-state index contributed by atoms with van der Waals surface area (Å²) in [5, 5.41) is 20.5. The summed E-state index contributed by atoms with van der Waals surface area (Å²) in [5.41, 5.74) is 2.53. The van der Waals surface area contributed by atoms with Crippen molar-refractivity contribution in [3.63, 3.8) is 0 Å². The van der Waals surface area contributed by atoms with Crippen molar-refractivity contribution in [3.05, 3.63) is 35.4 Å². The molecule has 0 bridgehead atoms. The zero-order valence-electron chi connectivity index (χ0n) is 18.3. The summed E-state index contributed by atoms with van der Waals surface area (Å²) in [6.45, 7) is 1.80. The molecule has 31 heavy (non-hydrogen) atoms. The number of aryl methyl sites for hydroxylation is 1. The van der Waals surface area contributed by atoms with Gasteiger partial charge in [-0.15, -0.1) is 11.8 Å². The van der Waals surface area contributed by atoms with E-state index in [0.29, 0.717) is 6.42 Å². The normalized spacial score (nSPS) is 31.8. The SMILES string of the molecule is CN[C@@H](C)C(=O)N[C@H]1CCS[C@H]2CC[C@@H](C(=O)N[C@@H]3CCCc4ccccc43)N2C1O. The van der Waals surface area contributed by atoms with Crippen LogP contribution in [0.25, 0.3) is 0 Å². The summed E-state index contributed by atoms with van der Waals surface area (Å²) in [6.07, 6.45) is 4.47. The predicted octanol–water partition coefficient (Wildman–Crippen LogP) is 1.52. The second-order valence-corrected chi connectivity index (χ2v) is 10.1. The lowest BCUT2D eigenvalue weighted by molar-refractivity contribution is -0.133. The van der Waals surface area contributed by atoms with Crippen LogP contribution >= 0.6 is 11.8 Å². The Morgan fingerprint density at radius 2 is 1.97 bits per heavy atom. The van der Waals surface area contributed by atoms with Crippen LogP contribution in [0.3, 0.4) is 0 Å². The molecule has 1 aliphatic carbocycles. The van der Waals surface area contributed by atoms with Crippen molar-refractivity contribution >= 4 is 23.6 Å². The number of hydrogen-bond acceptors (Lipinski definition) is 6. The number of carbonyl (C=O) groups excluding carboxylic acids is 2. The highest BCUT2D eigenvalue weighted by Crippen LogP contribution is 2.38. The number of rotatable bonds is 5. The Morgan fingerprint density at radius 3 is 2.77 bits per heavy atom. The molecular formula is C23H34N4O3S. The summed E-state index contributed by atoms with van der Waals surface area (Å²) < 4.78 is 0. The summed E-state index contributed by atoms with van der Waals surface area (Å²) in [7, 11) is 1.74. The van der Waals surface area contributed by atoms with Crippen LogP contribution in [0.2, 0.25) is 0 Å². The lowest BCUT2D eigenvalue weighted by Gasteiger charge is -2.36. The molecule has 0 spiro atoms. The van der Waals surface area contributed by atoms with Crippen LogP contribution in [0.4, 0.5) is 0 Å². The second kappa shape index (κ2) is 9.90. The number of thioether (sulfide) groups is 1. The molecule has 1 aromatic carbocycles. The minimum atomic E-state index is -0.870. The van der Waals surface area contributed by atoms with Gasteiger partial charge < -0.3 is 21.1 Å². The van der Waals surface area contributed by atoms with Crippen molar-refractivity contribution in [1.82, 2.24) is 20.9 Å². The number of hydrogen-bond donors (Lipinski definition) is 4. The molecule has 4 N–H and O–H groups in total. The lowest BCUT2D eigenvalue weighted by atomic mass is 9.87. The van der Waals surface area contributed by atoms with Gasteiger partial charge >= 0.3 is 0 Å². The number of fused-ring (bicyclic) bond motifs is 2. The summed E-state index contributed by atoms with van der Waals surface area (Å²) >= 11 is 1.78. The summed E-state index contributed by atoms with van der Waals surface area (Å²) in [4.78, 5) is 27.7. The van der Waals surface area contributed by atoms with Gasteiger partial charge in [0.2, 0.25) is 11.8 Å². The molecule has 4 rings (SSSR count). The minimum absolute atomic E-state index is 0.0144. The first-order chi connectivity index (χ1) is 15.0. The first kappa shape index (κ1) is 22.6. The van der Waals surface area contributed by atoms with Crippen LogP contribution in [-0.2, 0) is 16.0 Å². The zero-order chi connectivity index (χ0) is 22.0. The molecule has 2 amide bonds. The highest BCUT2D eigenvalue weighted by atomic mass is 32.2. The van der Waals surface area contributed by atoms with Crippen molar-refractivity contribution in [2.75, 3.05) is 12.8 Å². The van der Waals surface area contributed by atoms with Crippen molar-refractivity contribution in [3.8, 4) is 0 Å². The van der Waals surface area contributed by atoms with Gasteiger partial charge in [0.25, 0.3) is 0 Å². The number of nitrogens with zero attached hydrogens (tertiary/aromatic N) is 1. The van der Waals surface area contributed by atoms with Gasteiger partial charge in [0, 0.05) is 0 Å². The standard InChI is InChI=1S/C23H34N4O3S/c1-14(24-2)21(28)26-18-12-13-31-20-11-10-19(27(20)23(18)30)22(29)25-17-9-5-7-15-6-3-4-8-16(15)17/h3-4,6,8,14,17-20,23-24,30H,5,7,9-13H2,1-2H3,(H,25,29)(H,26,28)/t14-,17+,18-,19-,20-,23?/m0/s1. The molecule has 3 aliphatic rings. The van der Waals surface area contributed by atoms with Crippen molar-refractivity contribution in [2.45, 2.75) is 81.2 Å². The predicted molar refractivity (Wildman–Crippen MR) is 122 cm³/mol. The van der Waals surface area contributed by atoms with E-state index in [4.69, 9.17) is 0 Å². The van der Waals surface area contributed by atoms with Gasteiger partial charge in [-0.3, -0.25) is 14.5 Å². The van der Waals surface area contributed by atoms with Crippen LogP contribution < -0.4 is 16.0 Å². The molecular weight excluding hydrogens is 412 g/mol. The number of carbonyl (C=O) groups is 2. The molecule has 2 heterocycles. The molecule has 2 fully saturated rings. The summed E-state index contributed by atoms with van der Waals surface area (Å²) in [5.74, 6) is 0.704. The maximum Gasteiger partial charge on any atom is 0.237 e. The van der Waals surface area contributed by atoms with Crippen LogP contribution in [0.5, 0.6) is 0 Å². The van der Waals surface area contributed by atoms with E-state index >= 15 is 0 Å². The van der Waals surface area contributed by atoms with E-state index in [1.165, 1.54) is 11.1 Å². The van der Waals surface area contributed by atoms with Crippen LogP contribution in [0.15, 0.2) is 24.3 Å². The Hall–Kier alpha value is -1.61. The quantitative estimate of drug-likeness (QED) is 0.548. The number of likely N-dealkylation sites (N-methyl/N-ethyl adjacent to an activating group) is 1. The molecule has 6 atom stereocenters. The zero-order valence-corrected chi connectivity index (χ0v) is 19.2. The first-order valence-corrected chi connectivity index (χ1v) is 12.5. The second-order valence-electron chi connectivity index (χ2n) is 8.85. The summed E-state index contributed by atoms with van der Waals surface area (Å²) in [6, 6.07) is 7.28. The molecule has 0 radical (unpaired) electrons. The maximum atomic E-state index is 13.3. The molecule has 2 saturated heterocycles.